The molecule has 0 aliphatic heterocycles. The van der Waals surface area contributed by atoms with E-state index in [2.05, 4.69) is 15.5 Å². The molecule has 0 aliphatic rings. The third-order valence-electron chi connectivity index (χ3n) is 2.94. The Balaban J connectivity index is 2.42. The average molecular weight is 294 g/mol. The standard InChI is InChI=1S/C13H18N4O2S/c1-4-14-13-16-15-12(17(13)5-2)10-6-8-11(9-7-10)20(3,18)19/h6-9H,4-5H2,1-3H3,(H,14,16). The predicted molar refractivity (Wildman–Crippen MR) is 78.4 cm³/mol. The van der Waals surface area contributed by atoms with Gasteiger partial charge in [-0.25, -0.2) is 8.42 Å². The van der Waals surface area contributed by atoms with Crippen molar-refractivity contribution in [2.75, 3.05) is 18.1 Å². The Labute approximate surface area is 118 Å². The second kappa shape index (κ2) is 5.62. The number of nitrogens with zero attached hydrogens (tertiary/aromatic N) is 3. The highest BCUT2D eigenvalue weighted by Crippen LogP contribution is 2.22. The molecule has 0 amide bonds. The van der Waals surface area contributed by atoms with Crippen LogP contribution >= 0.6 is 0 Å². The summed E-state index contributed by atoms with van der Waals surface area (Å²) in [7, 11) is -3.18. The third-order valence-corrected chi connectivity index (χ3v) is 4.07. The summed E-state index contributed by atoms with van der Waals surface area (Å²) in [6.45, 7) is 5.51. The van der Waals surface area contributed by atoms with Crippen molar-refractivity contribution in [1.82, 2.24) is 14.8 Å². The minimum Gasteiger partial charge on any atom is -0.355 e. The van der Waals surface area contributed by atoms with Crippen LogP contribution in [0.5, 0.6) is 0 Å². The number of anilines is 1. The van der Waals surface area contributed by atoms with Crippen LogP contribution in [0.4, 0.5) is 5.95 Å². The lowest BCUT2D eigenvalue weighted by atomic mass is 10.2. The van der Waals surface area contributed by atoms with E-state index in [4.69, 9.17) is 0 Å². The molecule has 1 aromatic heterocycles. The maximum Gasteiger partial charge on any atom is 0.224 e. The second-order valence-corrected chi connectivity index (χ2v) is 6.43. The van der Waals surface area contributed by atoms with Crippen LogP contribution in [0.1, 0.15) is 13.8 Å². The maximum atomic E-state index is 11.4. The van der Waals surface area contributed by atoms with E-state index in [0.29, 0.717) is 4.90 Å². The van der Waals surface area contributed by atoms with Crippen molar-refractivity contribution >= 4 is 15.8 Å². The van der Waals surface area contributed by atoms with Gasteiger partial charge in [0.25, 0.3) is 0 Å². The Morgan fingerprint density at radius 2 is 1.80 bits per heavy atom. The third kappa shape index (κ3) is 2.82. The molecule has 0 saturated heterocycles. The molecule has 0 saturated carbocycles. The lowest BCUT2D eigenvalue weighted by molar-refractivity contribution is 0.602. The highest BCUT2D eigenvalue weighted by atomic mass is 32.2. The first-order valence-corrected chi connectivity index (χ1v) is 8.34. The van der Waals surface area contributed by atoms with Crippen LogP contribution in [0.2, 0.25) is 0 Å². The zero-order chi connectivity index (χ0) is 14.8. The van der Waals surface area contributed by atoms with E-state index in [9.17, 15) is 8.42 Å². The summed E-state index contributed by atoms with van der Waals surface area (Å²) < 4.78 is 24.9. The van der Waals surface area contributed by atoms with Crippen molar-refractivity contribution in [2.45, 2.75) is 25.3 Å². The van der Waals surface area contributed by atoms with Gasteiger partial charge in [0.15, 0.2) is 15.7 Å². The summed E-state index contributed by atoms with van der Waals surface area (Å²) >= 11 is 0. The zero-order valence-corrected chi connectivity index (χ0v) is 12.6. The number of benzene rings is 1. The van der Waals surface area contributed by atoms with Gasteiger partial charge in [0.2, 0.25) is 5.95 Å². The smallest absolute Gasteiger partial charge is 0.224 e. The largest absolute Gasteiger partial charge is 0.355 e. The van der Waals surface area contributed by atoms with Crippen molar-refractivity contribution in [3.05, 3.63) is 24.3 Å². The highest BCUT2D eigenvalue weighted by molar-refractivity contribution is 7.90. The van der Waals surface area contributed by atoms with Gasteiger partial charge in [-0.2, -0.15) is 0 Å². The zero-order valence-electron chi connectivity index (χ0n) is 11.8. The van der Waals surface area contributed by atoms with Gasteiger partial charge < -0.3 is 5.32 Å². The Morgan fingerprint density at radius 1 is 1.15 bits per heavy atom. The van der Waals surface area contributed by atoms with Crippen LogP contribution in [0.15, 0.2) is 29.2 Å². The van der Waals surface area contributed by atoms with E-state index >= 15 is 0 Å². The van der Waals surface area contributed by atoms with Crippen LogP contribution in [-0.4, -0.2) is 36.0 Å². The number of sulfone groups is 1. The van der Waals surface area contributed by atoms with Gasteiger partial charge in [0.05, 0.1) is 4.90 Å². The van der Waals surface area contributed by atoms with Gasteiger partial charge in [-0.3, -0.25) is 4.57 Å². The number of rotatable bonds is 5. The van der Waals surface area contributed by atoms with Crippen molar-refractivity contribution < 1.29 is 8.42 Å². The molecular formula is C13H18N4O2S. The van der Waals surface area contributed by atoms with E-state index in [0.717, 1.165) is 30.4 Å². The molecule has 7 heteroatoms. The molecule has 108 valence electrons. The normalized spacial score (nSPS) is 11.6. The molecule has 0 fully saturated rings. The summed E-state index contributed by atoms with van der Waals surface area (Å²) in [5.41, 5.74) is 0.843. The minimum absolute atomic E-state index is 0.302. The predicted octanol–water partition coefficient (Wildman–Crippen LogP) is 1.80. The number of aromatic nitrogens is 3. The molecule has 0 radical (unpaired) electrons. The van der Waals surface area contributed by atoms with Crippen LogP contribution in [0.3, 0.4) is 0 Å². The quantitative estimate of drug-likeness (QED) is 0.910. The first-order valence-electron chi connectivity index (χ1n) is 6.45. The van der Waals surface area contributed by atoms with Crippen molar-refractivity contribution in [2.24, 2.45) is 0 Å². The summed E-state index contributed by atoms with van der Waals surface area (Å²) in [6.07, 6.45) is 1.19. The molecule has 2 aromatic rings. The van der Waals surface area contributed by atoms with E-state index in [1.54, 1.807) is 24.3 Å². The fourth-order valence-corrected chi connectivity index (χ4v) is 2.59. The topological polar surface area (TPSA) is 76.9 Å². The second-order valence-electron chi connectivity index (χ2n) is 4.42. The van der Waals surface area contributed by atoms with Crippen LogP contribution in [0.25, 0.3) is 11.4 Å². The summed E-state index contributed by atoms with van der Waals surface area (Å²) in [5, 5.41) is 11.4. The summed E-state index contributed by atoms with van der Waals surface area (Å²) in [4.78, 5) is 0.302. The average Bonchev–Trinajstić information content (AvgIpc) is 2.81. The Morgan fingerprint density at radius 3 is 2.30 bits per heavy atom. The van der Waals surface area contributed by atoms with Gasteiger partial charge in [-0.15, -0.1) is 10.2 Å². The van der Waals surface area contributed by atoms with E-state index in [1.165, 1.54) is 6.26 Å². The first-order chi connectivity index (χ1) is 9.47. The molecule has 0 aliphatic carbocycles. The molecule has 2 rings (SSSR count). The maximum absolute atomic E-state index is 11.4. The van der Waals surface area contributed by atoms with Crippen LogP contribution in [-0.2, 0) is 16.4 Å². The summed E-state index contributed by atoms with van der Waals surface area (Å²) in [5.74, 6) is 1.45. The number of hydrogen-bond donors (Lipinski definition) is 1. The summed E-state index contributed by atoms with van der Waals surface area (Å²) in [6, 6.07) is 6.68. The van der Waals surface area contributed by atoms with Gasteiger partial charge in [0.1, 0.15) is 0 Å². The van der Waals surface area contributed by atoms with E-state index in [1.807, 2.05) is 18.4 Å². The van der Waals surface area contributed by atoms with Gasteiger partial charge in [-0.05, 0) is 38.1 Å². The SMILES string of the molecule is CCNc1nnc(-c2ccc(S(C)(=O)=O)cc2)n1CC. The molecule has 6 nitrogen and oxygen atoms in total. The van der Waals surface area contributed by atoms with E-state index in [-0.39, 0.29) is 0 Å². The molecule has 0 bridgehead atoms. The Kier molecular flexibility index (Phi) is 4.08. The van der Waals surface area contributed by atoms with Crippen molar-refractivity contribution in [3.63, 3.8) is 0 Å². The lowest BCUT2D eigenvalue weighted by Crippen LogP contribution is -2.07. The monoisotopic (exact) mass is 294 g/mol. The van der Waals surface area contributed by atoms with Gasteiger partial charge >= 0.3 is 0 Å². The lowest BCUT2D eigenvalue weighted by Gasteiger charge is -2.08. The Bertz CT molecular complexity index is 690. The fourth-order valence-electron chi connectivity index (χ4n) is 1.96. The van der Waals surface area contributed by atoms with Crippen LogP contribution < -0.4 is 5.32 Å². The fraction of sp³-hybridized carbons (Fsp3) is 0.385. The number of hydrogen-bond acceptors (Lipinski definition) is 5. The van der Waals surface area contributed by atoms with Crippen LogP contribution in [0, 0.1) is 0 Å². The van der Waals surface area contributed by atoms with E-state index < -0.39 is 9.84 Å². The molecule has 1 N–H and O–H groups in total. The molecule has 1 aromatic carbocycles. The molecule has 1 heterocycles. The Hall–Kier alpha value is -1.89. The molecule has 20 heavy (non-hydrogen) atoms. The van der Waals surface area contributed by atoms with Gasteiger partial charge in [-0.1, -0.05) is 0 Å². The first kappa shape index (κ1) is 14.5. The molecular weight excluding hydrogens is 276 g/mol. The molecule has 0 spiro atoms. The van der Waals surface area contributed by atoms with Gasteiger partial charge in [0, 0.05) is 24.9 Å². The minimum atomic E-state index is -3.18. The highest BCUT2D eigenvalue weighted by Gasteiger charge is 2.13. The molecule has 0 unspecified atom stereocenters. The number of nitrogens with one attached hydrogen (secondary N) is 1. The molecule has 0 atom stereocenters. The van der Waals surface area contributed by atoms with Crippen molar-refractivity contribution in [1.29, 1.82) is 0 Å². The van der Waals surface area contributed by atoms with Crippen molar-refractivity contribution in [3.8, 4) is 11.4 Å².